The van der Waals surface area contributed by atoms with Gasteiger partial charge in [0.1, 0.15) is 5.25 Å². The van der Waals surface area contributed by atoms with Gasteiger partial charge >= 0.3 is 0 Å². The monoisotopic (exact) mass is 372 g/mol. The lowest BCUT2D eigenvalue weighted by Crippen LogP contribution is -2.40. The number of carbonyl (C=O) groups excluding carboxylic acids is 1. The molecule has 1 aromatic rings. The molecule has 6 heteroatoms. The lowest BCUT2D eigenvalue weighted by Gasteiger charge is -2.24. The van der Waals surface area contributed by atoms with E-state index < -0.39 is 16.0 Å². The molecule has 0 bridgehead atoms. The first-order valence-electron chi connectivity index (χ1n) is 7.25. The van der Waals surface area contributed by atoms with Crippen LogP contribution in [0.15, 0.2) is 27.6 Å². The lowest BCUT2D eigenvalue weighted by atomic mass is 10.2. The lowest BCUT2D eigenvalue weighted by molar-refractivity contribution is -0.130. The zero-order valence-corrected chi connectivity index (χ0v) is 14.6. The molecule has 0 spiro atoms. The third kappa shape index (κ3) is 4.07. The molecule has 1 aromatic carbocycles. The van der Waals surface area contributed by atoms with Crippen molar-refractivity contribution in [2.24, 2.45) is 0 Å². The van der Waals surface area contributed by atoms with Crippen molar-refractivity contribution in [3.8, 4) is 0 Å². The van der Waals surface area contributed by atoms with E-state index in [1.54, 1.807) is 25.1 Å². The van der Waals surface area contributed by atoms with Gasteiger partial charge in [0.05, 0.1) is 15.7 Å². The van der Waals surface area contributed by atoms with Crippen molar-refractivity contribution in [1.29, 1.82) is 0 Å². The number of hydrogen-bond donors (Lipinski definition) is 1. The molecule has 2 N–H and O–H groups in total. The van der Waals surface area contributed by atoms with Crippen LogP contribution in [0.1, 0.15) is 32.6 Å². The SMILES string of the molecule is CC(C(=O)N1CCCCCC1)S(=O)c1ccc(N)cc1Br. The first-order valence-corrected chi connectivity index (χ1v) is 9.25. The molecule has 2 unspecified atom stereocenters. The molecule has 1 amide bonds. The number of rotatable bonds is 3. The third-order valence-electron chi connectivity index (χ3n) is 3.76. The van der Waals surface area contributed by atoms with Crippen molar-refractivity contribution in [2.75, 3.05) is 18.8 Å². The van der Waals surface area contributed by atoms with Crippen LogP contribution in [0, 0.1) is 0 Å². The second-order valence-electron chi connectivity index (χ2n) is 5.37. The van der Waals surface area contributed by atoms with Gasteiger partial charge in [-0.05, 0) is 53.9 Å². The fourth-order valence-electron chi connectivity index (χ4n) is 2.51. The highest BCUT2D eigenvalue weighted by Gasteiger charge is 2.27. The molecule has 1 saturated heterocycles. The standard InChI is InChI=1S/C15H21BrN2O2S/c1-11(15(19)18-8-4-2-3-5-9-18)21(20)14-7-6-12(17)10-13(14)16/h6-7,10-11H,2-5,8-9,17H2,1H3. The number of nitrogen functional groups attached to an aromatic ring is 1. The Bertz CT molecular complexity index is 542. The Kier molecular flexibility index (Phi) is 5.81. The highest BCUT2D eigenvalue weighted by atomic mass is 79.9. The van der Waals surface area contributed by atoms with Crippen LogP contribution in [-0.2, 0) is 15.6 Å². The van der Waals surface area contributed by atoms with Crippen molar-refractivity contribution in [2.45, 2.75) is 42.8 Å². The van der Waals surface area contributed by atoms with Gasteiger partial charge in [-0.25, -0.2) is 0 Å². The minimum atomic E-state index is -1.38. The highest BCUT2D eigenvalue weighted by Crippen LogP contribution is 2.25. The van der Waals surface area contributed by atoms with E-state index in [9.17, 15) is 9.00 Å². The minimum absolute atomic E-state index is 0.0149. The van der Waals surface area contributed by atoms with Crippen LogP contribution in [0.2, 0.25) is 0 Å². The Morgan fingerprint density at radius 2 is 1.90 bits per heavy atom. The van der Waals surface area contributed by atoms with Crippen LogP contribution < -0.4 is 5.73 Å². The quantitative estimate of drug-likeness (QED) is 0.829. The normalized spacial score (nSPS) is 18.9. The Labute approximate surface area is 136 Å². The van der Waals surface area contributed by atoms with Crippen LogP contribution in [0.5, 0.6) is 0 Å². The molecule has 4 nitrogen and oxygen atoms in total. The topological polar surface area (TPSA) is 63.4 Å². The van der Waals surface area contributed by atoms with Gasteiger partial charge in [0.2, 0.25) is 5.91 Å². The van der Waals surface area contributed by atoms with Crippen LogP contribution in [-0.4, -0.2) is 33.4 Å². The number of nitrogens with zero attached hydrogens (tertiary/aromatic N) is 1. The number of carbonyl (C=O) groups is 1. The molecule has 0 aromatic heterocycles. The fourth-order valence-corrected chi connectivity index (χ4v) is 4.55. The first kappa shape index (κ1) is 16.5. The van der Waals surface area contributed by atoms with Crippen molar-refractivity contribution < 1.29 is 9.00 Å². The summed E-state index contributed by atoms with van der Waals surface area (Å²) < 4.78 is 13.3. The molecule has 0 radical (unpaired) electrons. The predicted molar refractivity (Wildman–Crippen MR) is 89.5 cm³/mol. The summed E-state index contributed by atoms with van der Waals surface area (Å²) in [6.07, 6.45) is 4.42. The molecule has 0 aliphatic carbocycles. The average Bonchev–Trinajstić information content (AvgIpc) is 2.74. The summed E-state index contributed by atoms with van der Waals surface area (Å²) in [5.41, 5.74) is 6.30. The van der Waals surface area contributed by atoms with Gasteiger partial charge in [-0.1, -0.05) is 12.8 Å². The maximum Gasteiger partial charge on any atom is 0.238 e. The van der Waals surface area contributed by atoms with Crippen LogP contribution >= 0.6 is 15.9 Å². The molecule has 21 heavy (non-hydrogen) atoms. The summed E-state index contributed by atoms with van der Waals surface area (Å²) in [6, 6.07) is 5.15. The second-order valence-corrected chi connectivity index (χ2v) is 7.97. The van der Waals surface area contributed by atoms with E-state index in [-0.39, 0.29) is 5.91 Å². The maximum atomic E-state index is 12.6. The number of nitrogens with two attached hydrogens (primary N) is 1. The number of anilines is 1. The van der Waals surface area contributed by atoms with Crippen LogP contribution in [0.25, 0.3) is 0 Å². The van der Waals surface area contributed by atoms with E-state index in [0.29, 0.717) is 15.1 Å². The Morgan fingerprint density at radius 1 is 1.29 bits per heavy atom. The summed E-state index contributed by atoms with van der Waals surface area (Å²) in [5.74, 6) is -0.0149. The first-order chi connectivity index (χ1) is 10.0. The zero-order chi connectivity index (χ0) is 15.4. The summed E-state index contributed by atoms with van der Waals surface area (Å²) in [6.45, 7) is 3.30. The summed E-state index contributed by atoms with van der Waals surface area (Å²) in [5, 5.41) is -0.539. The van der Waals surface area contributed by atoms with Gasteiger partial charge in [0.15, 0.2) is 0 Å². The Balaban J connectivity index is 2.12. The van der Waals surface area contributed by atoms with Crippen molar-refractivity contribution in [3.63, 3.8) is 0 Å². The largest absolute Gasteiger partial charge is 0.399 e. The van der Waals surface area contributed by atoms with Crippen molar-refractivity contribution >= 4 is 38.3 Å². The van der Waals surface area contributed by atoms with Crippen molar-refractivity contribution in [1.82, 2.24) is 4.90 Å². The number of amides is 1. The molecule has 2 atom stereocenters. The Morgan fingerprint density at radius 3 is 2.48 bits per heavy atom. The van der Waals surface area contributed by atoms with Gasteiger partial charge in [-0.15, -0.1) is 0 Å². The number of hydrogen-bond acceptors (Lipinski definition) is 3. The zero-order valence-electron chi connectivity index (χ0n) is 12.2. The predicted octanol–water partition coefficient (Wildman–Crippen LogP) is 2.93. The van der Waals surface area contributed by atoms with E-state index >= 15 is 0 Å². The molecule has 1 fully saturated rings. The highest BCUT2D eigenvalue weighted by molar-refractivity contribution is 9.10. The number of likely N-dealkylation sites (tertiary alicyclic amines) is 1. The number of halogens is 1. The Hall–Kier alpha value is -0.880. The summed E-state index contributed by atoms with van der Waals surface area (Å²) in [7, 11) is -1.38. The molecule has 1 aliphatic heterocycles. The van der Waals surface area contributed by atoms with Crippen molar-refractivity contribution in [3.05, 3.63) is 22.7 Å². The van der Waals surface area contributed by atoms with E-state index in [0.717, 1.165) is 25.9 Å². The van der Waals surface area contributed by atoms with Gasteiger partial charge < -0.3 is 10.6 Å². The molecular weight excluding hydrogens is 352 g/mol. The molecule has 116 valence electrons. The maximum absolute atomic E-state index is 12.6. The minimum Gasteiger partial charge on any atom is -0.399 e. The molecule has 2 rings (SSSR count). The van der Waals surface area contributed by atoms with Gasteiger partial charge in [-0.3, -0.25) is 9.00 Å². The smallest absolute Gasteiger partial charge is 0.238 e. The third-order valence-corrected chi connectivity index (χ3v) is 6.31. The summed E-state index contributed by atoms with van der Waals surface area (Å²) >= 11 is 3.38. The van der Waals surface area contributed by atoms with Gasteiger partial charge in [0.25, 0.3) is 0 Å². The van der Waals surface area contributed by atoms with Gasteiger partial charge in [-0.2, -0.15) is 0 Å². The fraction of sp³-hybridized carbons (Fsp3) is 0.533. The molecular formula is C15H21BrN2O2S. The van der Waals surface area contributed by atoms with Gasteiger partial charge in [0, 0.05) is 23.2 Å². The molecule has 1 heterocycles. The molecule has 0 saturated carbocycles. The van der Waals surface area contributed by atoms with E-state index in [4.69, 9.17) is 5.73 Å². The van der Waals surface area contributed by atoms with E-state index in [2.05, 4.69) is 15.9 Å². The van der Waals surface area contributed by atoms with E-state index in [1.807, 2.05) is 4.90 Å². The summed E-state index contributed by atoms with van der Waals surface area (Å²) in [4.78, 5) is 15.0. The number of benzene rings is 1. The average molecular weight is 373 g/mol. The molecule has 1 aliphatic rings. The van der Waals surface area contributed by atoms with Crippen LogP contribution in [0.4, 0.5) is 5.69 Å². The van der Waals surface area contributed by atoms with E-state index in [1.165, 1.54) is 12.8 Å². The second kappa shape index (κ2) is 7.40. The van der Waals surface area contributed by atoms with Crippen LogP contribution in [0.3, 0.4) is 0 Å².